The SMILES string of the molecule is [CH2]/C(=C\CC(=C)CCCCC)CCCCC. The van der Waals surface area contributed by atoms with Crippen LogP contribution in [0, 0.1) is 6.92 Å². The molecule has 0 saturated heterocycles. The van der Waals surface area contributed by atoms with Crippen LogP contribution >= 0.6 is 0 Å². The molecule has 0 nitrogen and oxygen atoms in total. The molecule has 0 fully saturated rings. The molecule has 0 aromatic heterocycles. The lowest BCUT2D eigenvalue weighted by Gasteiger charge is -2.04. The van der Waals surface area contributed by atoms with Crippen molar-refractivity contribution in [3.8, 4) is 0 Å². The van der Waals surface area contributed by atoms with Crippen molar-refractivity contribution in [1.29, 1.82) is 0 Å². The van der Waals surface area contributed by atoms with E-state index in [0.717, 1.165) is 12.8 Å². The van der Waals surface area contributed by atoms with Gasteiger partial charge in [-0.15, -0.1) is 0 Å². The summed E-state index contributed by atoms with van der Waals surface area (Å²) in [5.41, 5.74) is 2.66. The zero-order chi connectivity index (χ0) is 12.2. The third kappa shape index (κ3) is 10.0. The van der Waals surface area contributed by atoms with Crippen LogP contribution in [-0.2, 0) is 0 Å². The number of hydrogen-bond acceptors (Lipinski definition) is 0. The van der Waals surface area contributed by atoms with Gasteiger partial charge >= 0.3 is 0 Å². The minimum absolute atomic E-state index is 1.04. The van der Waals surface area contributed by atoms with Crippen LogP contribution in [0.4, 0.5) is 0 Å². The van der Waals surface area contributed by atoms with Gasteiger partial charge in [0.05, 0.1) is 0 Å². The molecular formula is C16H29. The van der Waals surface area contributed by atoms with Crippen molar-refractivity contribution in [2.24, 2.45) is 0 Å². The van der Waals surface area contributed by atoms with E-state index in [2.05, 4.69) is 33.4 Å². The molecule has 0 unspecified atom stereocenters. The smallest absolute Gasteiger partial charge is 0.0139 e. The Kier molecular flexibility index (Phi) is 10.6. The molecule has 1 radical (unpaired) electrons. The molecule has 0 aromatic carbocycles. The van der Waals surface area contributed by atoms with E-state index in [1.165, 1.54) is 56.1 Å². The van der Waals surface area contributed by atoms with Gasteiger partial charge < -0.3 is 0 Å². The molecule has 0 spiro atoms. The molecule has 0 aliphatic rings. The topological polar surface area (TPSA) is 0 Å². The van der Waals surface area contributed by atoms with E-state index >= 15 is 0 Å². The van der Waals surface area contributed by atoms with E-state index in [4.69, 9.17) is 0 Å². The minimum Gasteiger partial charge on any atom is -0.0995 e. The summed E-state index contributed by atoms with van der Waals surface area (Å²) in [7, 11) is 0. The van der Waals surface area contributed by atoms with Gasteiger partial charge in [0, 0.05) is 0 Å². The van der Waals surface area contributed by atoms with Gasteiger partial charge in [0.25, 0.3) is 0 Å². The summed E-state index contributed by atoms with van der Waals surface area (Å²) in [4.78, 5) is 0. The summed E-state index contributed by atoms with van der Waals surface area (Å²) in [5.74, 6) is 0. The predicted molar refractivity (Wildman–Crippen MR) is 75.5 cm³/mol. The number of unbranched alkanes of at least 4 members (excludes halogenated alkanes) is 4. The fraction of sp³-hybridized carbons (Fsp3) is 0.688. The van der Waals surface area contributed by atoms with Crippen LogP contribution in [0.3, 0.4) is 0 Å². The maximum Gasteiger partial charge on any atom is -0.0139 e. The van der Waals surface area contributed by atoms with Gasteiger partial charge in [-0.1, -0.05) is 63.3 Å². The first-order valence-corrected chi connectivity index (χ1v) is 6.88. The molecule has 0 aliphatic heterocycles. The lowest BCUT2D eigenvalue weighted by atomic mass is 10.0. The number of hydrogen-bond donors (Lipinski definition) is 0. The molecule has 0 bridgehead atoms. The Bertz CT molecular complexity index is 198. The van der Waals surface area contributed by atoms with E-state index in [0.29, 0.717) is 0 Å². The molecule has 0 aliphatic carbocycles. The third-order valence-electron chi connectivity index (χ3n) is 2.91. The van der Waals surface area contributed by atoms with Crippen LogP contribution < -0.4 is 0 Å². The molecule has 0 rings (SSSR count). The second-order valence-corrected chi connectivity index (χ2v) is 4.73. The second-order valence-electron chi connectivity index (χ2n) is 4.73. The predicted octanol–water partition coefficient (Wildman–Crippen LogP) is 5.85. The standard InChI is InChI=1S/C16H29/c1-5-7-9-11-15(3)13-14-16(4)12-10-8-6-2/h13H,3-12,14H2,1-2H3/b15-13+. The van der Waals surface area contributed by atoms with Crippen LogP contribution in [-0.4, -0.2) is 0 Å². The van der Waals surface area contributed by atoms with Crippen LogP contribution in [0.2, 0.25) is 0 Å². The molecule has 16 heavy (non-hydrogen) atoms. The average molecular weight is 221 g/mol. The maximum absolute atomic E-state index is 4.12. The maximum atomic E-state index is 4.12. The lowest BCUT2D eigenvalue weighted by Crippen LogP contribution is -1.84. The highest BCUT2D eigenvalue weighted by molar-refractivity contribution is 5.11. The van der Waals surface area contributed by atoms with Gasteiger partial charge in [-0.25, -0.2) is 0 Å². The Labute approximate surface area is 103 Å². The summed E-state index contributed by atoms with van der Waals surface area (Å²) < 4.78 is 0. The largest absolute Gasteiger partial charge is 0.0995 e. The summed E-state index contributed by atoms with van der Waals surface area (Å²) in [6.45, 7) is 12.7. The fourth-order valence-corrected chi connectivity index (χ4v) is 1.72. The first kappa shape index (κ1) is 15.5. The first-order chi connectivity index (χ1) is 7.70. The number of rotatable bonds is 10. The van der Waals surface area contributed by atoms with Crippen LogP contribution in [0.5, 0.6) is 0 Å². The van der Waals surface area contributed by atoms with Gasteiger partial charge in [-0.3, -0.25) is 0 Å². The zero-order valence-corrected chi connectivity index (χ0v) is 11.4. The molecule has 0 heteroatoms. The van der Waals surface area contributed by atoms with Crippen molar-refractivity contribution >= 4 is 0 Å². The van der Waals surface area contributed by atoms with Gasteiger partial charge in [-0.05, 0) is 39.0 Å². The van der Waals surface area contributed by atoms with Gasteiger partial charge in [-0.2, -0.15) is 0 Å². The molecule has 0 atom stereocenters. The summed E-state index contributed by atoms with van der Waals surface area (Å²) in [6.07, 6.45) is 13.5. The van der Waals surface area contributed by atoms with Crippen molar-refractivity contribution in [3.05, 3.63) is 30.7 Å². The average Bonchev–Trinajstić information content (AvgIpc) is 2.27. The summed E-state index contributed by atoms with van der Waals surface area (Å²) in [5, 5.41) is 0. The molecule has 0 N–H and O–H groups in total. The Balaban J connectivity index is 3.58. The summed E-state index contributed by atoms with van der Waals surface area (Å²) >= 11 is 0. The van der Waals surface area contributed by atoms with Crippen molar-refractivity contribution in [1.82, 2.24) is 0 Å². The van der Waals surface area contributed by atoms with Crippen molar-refractivity contribution in [2.75, 3.05) is 0 Å². The fourth-order valence-electron chi connectivity index (χ4n) is 1.72. The molecule has 0 saturated carbocycles. The van der Waals surface area contributed by atoms with E-state index < -0.39 is 0 Å². The third-order valence-corrected chi connectivity index (χ3v) is 2.91. The zero-order valence-electron chi connectivity index (χ0n) is 11.4. The monoisotopic (exact) mass is 221 g/mol. The van der Waals surface area contributed by atoms with Gasteiger partial charge in [0.2, 0.25) is 0 Å². The molecule has 0 heterocycles. The van der Waals surface area contributed by atoms with E-state index in [9.17, 15) is 0 Å². The quantitative estimate of drug-likeness (QED) is 0.320. The van der Waals surface area contributed by atoms with Crippen LogP contribution in [0.1, 0.15) is 71.6 Å². The summed E-state index contributed by atoms with van der Waals surface area (Å²) in [6, 6.07) is 0. The highest BCUT2D eigenvalue weighted by atomic mass is 14.0. The Morgan fingerprint density at radius 1 is 0.938 bits per heavy atom. The van der Waals surface area contributed by atoms with Crippen LogP contribution in [0.25, 0.3) is 0 Å². The normalized spacial score (nSPS) is 11.8. The number of allylic oxidation sites excluding steroid dienone is 3. The molecule has 93 valence electrons. The molecule has 0 aromatic rings. The van der Waals surface area contributed by atoms with E-state index in [-0.39, 0.29) is 0 Å². The van der Waals surface area contributed by atoms with Crippen molar-refractivity contribution in [2.45, 2.75) is 71.6 Å². The Hall–Kier alpha value is -0.520. The van der Waals surface area contributed by atoms with Gasteiger partial charge in [0.15, 0.2) is 0 Å². The highest BCUT2D eigenvalue weighted by Gasteiger charge is 1.94. The van der Waals surface area contributed by atoms with E-state index in [1.807, 2.05) is 0 Å². The Morgan fingerprint density at radius 3 is 2.06 bits per heavy atom. The second kappa shape index (κ2) is 11.0. The minimum atomic E-state index is 1.04. The lowest BCUT2D eigenvalue weighted by molar-refractivity contribution is 0.705. The molecule has 0 amide bonds. The first-order valence-electron chi connectivity index (χ1n) is 6.88. The van der Waals surface area contributed by atoms with Crippen molar-refractivity contribution < 1.29 is 0 Å². The van der Waals surface area contributed by atoms with Gasteiger partial charge in [0.1, 0.15) is 0 Å². The Morgan fingerprint density at radius 2 is 1.50 bits per heavy atom. The van der Waals surface area contributed by atoms with Crippen molar-refractivity contribution in [3.63, 3.8) is 0 Å². The highest BCUT2D eigenvalue weighted by Crippen LogP contribution is 2.14. The van der Waals surface area contributed by atoms with Crippen LogP contribution in [0.15, 0.2) is 23.8 Å². The molecular weight excluding hydrogens is 192 g/mol. The van der Waals surface area contributed by atoms with E-state index in [1.54, 1.807) is 0 Å².